The number of nitrogens with two attached hydrogens (primary N) is 1. The third-order valence-corrected chi connectivity index (χ3v) is 3.28. The molecule has 2 N–H and O–H groups in total. The molecule has 1 heterocycles. The van der Waals surface area contributed by atoms with Crippen LogP contribution in [0.15, 0.2) is 36.4 Å². The van der Waals surface area contributed by atoms with E-state index >= 15 is 0 Å². The number of hydrogen-bond acceptors (Lipinski definition) is 6. The van der Waals surface area contributed by atoms with E-state index < -0.39 is 0 Å². The summed E-state index contributed by atoms with van der Waals surface area (Å²) in [5.74, 6) is 0.105. The van der Waals surface area contributed by atoms with Gasteiger partial charge in [-0.2, -0.15) is 0 Å². The minimum absolute atomic E-state index is 0.349. The molecule has 0 aliphatic heterocycles. The minimum atomic E-state index is -0.349. The van der Waals surface area contributed by atoms with E-state index in [-0.39, 0.29) is 5.97 Å². The third kappa shape index (κ3) is 5.64. The molecule has 2 rings (SSSR count). The molecule has 6 nitrogen and oxygen atoms in total. The van der Waals surface area contributed by atoms with Crippen molar-refractivity contribution in [2.24, 2.45) is 0 Å². The van der Waals surface area contributed by atoms with Crippen molar-refractivity contribution in [1.82, 2.24) is 4.98 Å². The average molecular weight is 332 g/mol. The fraction of sp³-hybridized carbons (Fsp3) is 0.333. The van der Waals surface area contributed by atoms with Crippen LogP contribution in [0, 0.1) is 6.92 Å². The van der Waals surface area contributed by atoms with Crippen molar-refractivity contribution in [3.63, 3.8) is 0 Å². The Morgan fingerprint density at radius 2 is 1.67 bits per heavy atom. The number of methoxy groups -OCH3 is 3. The lowest BCUT2D eigenvalue weighted by Crippen LogP contribution is -2.05. The SMILES string of the molecule is COC(=O)c1cccc(-c2cccc(N)n2)c1C.COCCOC. The third-order valence-electron chi connectivity index (χ3n) is 3.28. The maximum atomic E-state index is 11.6. The predicted octanol–water partition coefficient (Wildman–Crippen LogP) is 2.71. The molecule has 0 aliphatic rings. The first kappa shape index (κ1) is 19.6. The van der Waals surface area contributed by atoms with Gasteiger partial charge in [-0.15, -0.1) is 0 Å². The Morgan fingerprint density at radius 3 is 2.21 bits per heavy atom. The molecule has 24 heavy (non-hydrogen) atoms. The van der Waals surface area contributed by atoms with Crippen LogP contribution >= 0.6 is 0 Å². The minimum Gasteiger partial charge on any atom is -0.465 e. The first-order chi connectivity index (χ1) is 11.5. The molecule has 0 fully saturated rings. The van der Waals surface area contributed by atoms with Crippen molar-refractivity contribution in [3.8, 4) is 11.3 Å². The van der Waals surface area contributed by atoms with Crippen LogP contribution in [0.5, 0.6) is 0 Å². The Morgan fingerprint density at radius 1 is 1.04 bits per heavy atom. The molecule has 0 saturated heterocycles. The van der Waals surface area contributed by atoms with E-state index in [9.17, 15) is 4.79 Å². The molecule has 1 aromatic carbocycles. The Balaban J connectivity index is 0.000000413. The summed E-state index contributed by atoms with van der Waals surface area (Å²) in [5, 5.41) is 0. The standard InChI is InChI=1S/C14H14N2O2.C4H10O2/c1-9-10(12-7-4-8-13(15)16-12)5-3-6-11(9)14(17)18-2;1-5-3-4-6-2/h3-8H,1-2H3,(H2,15,16);3-4H2,1-2H3. The van der Waals surface area contributed by atoms with Gasteiger partial charge in [0.05, 0.1) is 31.6 Å². The van der Waals surface area contributed by atoms with Crippen LogP contribution in [-0.2, 0) is 14.2 Å². The normalized spacial score (nSPS) is 9.83. The quantitative estimate of drug-likeness (QED) is 0.669. The van der Waals surface area contributed by atoms with Crippen molar-refractivity contribution in [2.75, 3.05) is 40.3 Å². The number of anilines is 1. The van der Waals surface area contributed by atoms with E-state index in [0.29, 0.717) is 24.6 Å². The van der Waals surface area contributed by atoms with Crippen LogP contribution in [0.4, 0.5) is 5.82 Å². The fourth-order valence-electron chi connectivity index (χ4n) is 2.01. The summed E-state index contributed by atoms with van der Waals surface area (Å²) in [6, 6.07) is 10.9. The van der Waals surface area contributed by atoms with Crippen LogP contribution in [0.25, 0.3) is 11.3 Å². The lowest BCUT2D eigenvalue weighted by atomic mass is 9.99. The van der Waals surface area contributed by atoms with Crippen molar-refractivity contribution in [2.45, 2.75) is 6.92 Å². The van der Waals surface area contributed by atoms with E-state index in [1.807, 2.05) is 25.1 Å². The van der Waals surface area contributed by atoms with Crippen LogP contribution in [-0.4, -0.2) is 45.5 Å². The van der Waals surface area contributed by atoms with Crippen molar-refractivity contribution in [3.05, 3.63) is 47.5 Å². The molecule has 0 saturated carbocycles. The zero-order valence-corrected chi connectivity index (χ0v) is 14.5. The number of nitrogens with zero attached hydrogens (tertiary/aromatic N) is 1. The Labute approximate surface area is 142 Å². The molecule has 0 bridgehead atoms. The van der Waals surface area contributed by atoms with E-state index in [1.54, 1.807) is 32.4 Å². The molecular formula is C18H24N2O4. The highest BCUT2D eigenvalue weighted by molar-refractivity contribution is 5.93. The first-order valence-corrected chi connectivity index (χ1v) is 7.43. The zero-order chi connectivity index (χ0) is 17.9. The molecule has 0 unspecified atom stereocenters. The summed E-state index contributed by atoms with van der Waals surface area (Å²) >= 11 is 0. The van der Waals surface area contributed by atoms with Crippen LogP contribution < -0.4 is 5.73 Å². The lowest BCUT2D eigenvalue weighted by Gasteiger charge is -2.09. The Bertz CT molecular complexity index is 655. The van der Waals surface area contributed by atoms with Gasteiger partial charge in [0, 0.05) is 19.8 Å². The highest BCUT2D eigenvalue weighted by atomic mass is 16.5. The summed E-state index contributed by atoms with van der Waals surface area (Å²) < 4.78 is 14.1. The highest BCUT2D eigenvalue weighted by Crippen LogP contribution is 2.25. The number of ether oxygens (including phenoxy) is 3. The van der Waals surface area contributed by atoms with E-state index in [1.165, 1.54) is 7.11 Å². The number of nitrogen functional groups attached to an aromatic ring is 1. The number of carbonyl (C=O) groups excluding carboxylic acids is 1. The predicted molar refractivity (Wildman–Crippen MR) is 93.9 cm³/mol. The molecule has 0 aliphatic carbocycles. The molecule has 0 spiro atoms. The number of hydrogen-bond donors (Lipinski definition) is 1. The second kappa shape index (κ2) is 10.4. The molecule has 130 valence electrons. The van der Waals surface area contributed by atoms with Crippen LogP contribution in [0.2, 0.25) is 0 Å². The number of rotatable bonds is 5. The monoisotopic (exact) mass is 332 g/mol. The number of aromatic nitrogens is 1. The van der Waals surface area contributed by atoms with Crippen LogP contribution in [0.1, 0.15) is 15.9 Å². The maximum absolute atomic E-state index is 11.6. The number of esters is 1. The van der Waals surface area contributed by atoms with Crippen molar-refractivity contribution in [1.29, 1.82) is 0 Å². The lowest BCUT2D eigenvalue weighted by molar-refractivity contribution is 0.0600. The maximum Gasteiger partial charge on any atom is 0.338 e. The Kier molecular flexibility index (Phi) is 8.46. The van der Waals surface area contributed by atoms with E-state index in [2.05, 4.69) is 14.5 Å². The Hall–Kier alpha value is -2.44. The van der Waals surface area contributed by atoms with E-state index in [0.717, 1.165) is 16.8 Å². The van der Waals surface area contributed by atoms with Gasteiger partial charge in [-0.25, -0.2) is 9.78 Å². The second-order valence-electron chi connectivity index (χ2n) is 4.90. The molecule has 0 radical (unpaired) electrons. The van der Waals surface area contributed by atoms with Gasteiger partial charge >= 0.3 is 5.97 Å². The molecular weight excluding hydrogens is 308 g/mol. The van der Waals surface area contributed by atoms with Gasteiger partial charge in [-0.05, 0) is 30.7 Å². The average Bonchev–Trinajstić information content (AvgIpc) is 2.60. The zero-order valence-electron chi connectivity index (χ0n) is 14.5. The van der Waals surface area contributed by atoms with Gasteiger partial charge in [0.1, 0.15) is 5.82 Å². The summed E-state index contributed by atoms with van der Waals surface area (Å²) in [6.45, 7) is 3.25. The number of carbonyl (C=O) groups is 1. The highest BCUT2D eigenvalue weighted by Gasteiger charge is 2.13. The molecule has 6 heteroatoms. The summed E-state index contributed by atoms with van der Waals surface area (Å²) in [4.78, 5) is 15.9. The molecule has 0 atom stereocenters. The summed E-state index contributed by atoms with van der Waals surface area (Å²) in [6.07, 6.45) is 0. The summed E-state index contributed by atoms with van der Waals surface area (Å²) in [5.41, 5.74) is 8.67. The van der Waals surface area contributed by atoms with Gasteiger partial charge in [-0.3, -0.25) is 0 Å². The van der Waals surface area contributed by atoms with Crippen LogP contribution in [0.3, 0.4) is 0 Å². The van der Waals surface area contributed by atoms with Crippen molar-refractivity contribution < 1.29 is 19.0 Å². The van der Waals surface area contributed by atoms with Crippen molar-refractivity contribution >= 4 is 11.8 Å². The molecule has 0 amide bonds. The smallest absolute Gasteiger partial charge is 0.338 e. The van der Waals surface area contributed by atoms with E-state index in [4.69, 9.17) is 10.5 Å². The van der Waals surface area contributed by atoms with Gasteiger partial charge in [0.2, 0.25) is 0 Å². The number of pyridine rings is 1. The topological polar surface area (TPSA) is 83.7 Å². The van der Waals surface area contributed by atoms with Gasteiger partial charge in [-0.1, -0.05) is 18.2 Å². The molecule has 1 aromatic heterocycles. The van der Waals surface area contributed by atoms with Gasteiger partial charge in [0.25, 0.3) is 0 Å². The number of benzene rings is 1. The summed E-state index contributed by atoms with van der Waals surface area (Å²) in [7, 11) is 4.67. The second-order valence-corrected chi connectivity index (χ2v) is 4.90. The first-order valence-electron chi connectivity index (χ1n) is 7.43. The van der Waals surface area contributed by atoms with Gasteiger partial charge < -0.3 is 19.9 Å². The largest absolute Gasteiger partial charge is 0.465 e. The van der Waals surface area contributed by atoms with Gasteiger partial charge in [0.15, 0.2) is 0 Å². The molecule has 2 aromatic rings. The fourth-order valence-corrected chi connectivity index (χ4v) is 2.01.